The molecule has 14 heteroatoms. The van der Waals surface area contributed by atoms with Gasteiger partial charge in [-0.25, -0.2) is 13.2 Å². The summed E-state index contributed by atoms with van der Waals surface area (Å²) in [4.78, 5) is 30.8. The Balaban J connectivity index is 2.60. The topological polar surface area (TPSA) is 129 Å². The van der Waals surface area contributed by atoms with Crippen molar-refractivity contribution in [3.8, 4) is 0 Å². The van der Waals surface area contributed by atoms with Crippen molar-refractivity contribution in [3.63, 3.8) is 0 Å². The van der Waals surface area contributed by atoms with Crippen molar-refractivity contribution in [3.05, 3.63) is 56.7 Å². The highest BCUT2D eigenvalue weighted by Crippen LogP contribution is 2.38. The maximum atomic E-state index is 13.8. The van der Waals surface area contributed by atoms with Gasteiger partial charge in [-0.3, -0.25) is 19.9 Å². The summed E-state index contributed by atoms with van der Waals surface area (Å²) in [6.45, 7) is 19.2. The Bertz CT molecular complexity index is 1240. The van der Waals surface area contributed by atoms with Gasteiger partial charge in [-0.05, 0) is 73.6 Å². The molecular weight excluding hydrogens is 669 g/mol. The summed E-state index contributed by atoms with van der Waals surface area (Å²) in [6.07, 6.45) is 2.47. The minimum atomic E-state index is -4.57. The summed E-state index contributed by atoms with van der Waals surface area (Å²) in [6, 6.07) is 3.49. The number of nitrogens with zero attached hydrogens (tertiary/aromatic N) is 3. The predicted molar refractivity (Wildman–Crippen MR) is 164 cm³/mol. The largest absolute Gasteiger partial charge is 0.444 e. The standard InChI is InChI=1S/C26H40IN3O8SSi/c1-10-15-36-30(39(34,35)23-14-12-11-13-21(23)29(32)33)22-17-28(24(31)38-25(2,3)4)19(16-20(22)27)18-37-40(8,9)26(5,6)7/h10-14,16,19,22H,1,15,17-18H2,2-9H3/t19-,22-/m0/s1. The van der Waals surface area contributed by atoms with E-state index in [4.69, 9.17) is 14.0 Å². The molecule has 0 aromatic heterocycles. The van der Waals surface area contributed by atoms with Crippen LogP contribution in [0.2, 0.25) is 18.1 Å². The van der Waals surface area contributed by atoms with Crippen LogP contribution >= 0.6 is 22.6 Å². The first-order valence-corrected chi connectivity index (χ1v) is 18.2. The number of hydrogen-bond donors (Lipinski definition) is 0. The fourth-order valence-corrected chi connectivity index (χ4v) is 7.16. The van der Waals surface area contributed by atoms with E-state index in [0.29, 0.717) is 3.58 Å². The molecule has 0 unspecified atom stereocenters. The molecule has 0 spiro atoms. The third-order valence-electron chi connectivity index (χ3n) is 6.64. The Morgan fingerprint density at radius 2 is 1.85 bits per heavy atom. The second-order valence-electron chi connectivity index (χ2n) is 11.9. The molecule has 1 heterocycles. The predicted octanol–water partition coefficient (Wildman–Crippen LogP) is 6.03. The molecule has 0 bridgehead atoms. The highest BCUT2D eigenvalue weighted by atomic mass is 127. The zero-order valence-corrected chi connectivity index (χ0v) is 28.3. The molecule has 40 heavy (non-hydrogen) atoms. The molecule has 0 N–H and O–H groups in total. The van der Waals surface area contributed by atoms with Crippen LogP contribution < -0.4 is 0 Å². The van der Waals surface area contributed by atoms with Crippen LogP contribution in [0, 0.1) is 10.1 Å². The Morgan fingerprint density at radius 3 is 2.38 bits per heavy atom. The monoisotopic (exact) mass is 709 g/mol. The number of nitro benzene ring substituents is 1. The molecule has 2 atom stereocenters. The van der Waals surface area contributed by atoms with Crippen LogP contribution in [-0.4, -0.2) is 74.6 Å². The van der Waals surface area contributed by atoms with Crippen molar-refractivity contribution in [1.29, 1.82) is 0 Å². The van der Waals surface area contributed by atoms with Gasteiger partial charge >= 0.3 is 6.09 Å². The SMILES string of the molecule is C=CCON([C@H]1CN(C(=O)OC(C)(C)C)[C@H](CO[Si](C)(C)C(C)(C)C)C=C1I)S(=O)(=O)c1ccccc1[N+](=O)[O-]. The summed E-state index contributed by atoms with van der Waals surface area (Å²) in [5.74, 6) is 0. The number of halogens is 1. The number of sulfonamides is 1. The summed E-state index contributed by atoms with van der Waals surface area (Å²) in [5.41, 5.74) is -1.39. The lowest BCUT2D eigenvalue weighted by Crippen LogP contribution is -2.56. The molecule has 0 saturated heterocycles. The van der Waals surface area contributed by atoms with Gasteiger partial charge in [0.15, 0.2) is 13.2 Å². The van der Waals surface area contributed by atoms with E-state index in [9.17, 15) is 23.3 Å². The average Bonchev–Trinajstić information content (AvgIpc) is 2.81. The Morgan fingerprint density at radius 1 is 1.25 bits per heavy atom. The molecule has 1 amide bonds. The van der Waals surface area contributed by atoms with Gasteiger partial charge in [0.1, 0.15) is 11.6 Å². The van der Waals surface area contributed by atoms with Gasteiger partial charge in [0.25, 0.3) is 15.7 Å². The van der Waals surface area contributed by atoms with Gasteiger partial charge in [-0.1, -0.05) is 43.4 Å². The van der Waals surface area contributed by atoms with E-state index >= 15 is 0 Å². The number of para-hydroxylation sites is 1. The van der Waals surface area contributed by atoms with Gasteiger partial charge in [-0.2, -0.15) is 0 Å². The zero-order valence-electron chi connectivity index (χ0n) is 24.3. The molecule has 1 aliphatic rings. The lowest BCUT2D eigenvalue weighted by molar-refractivity contribution is -0.388. The first kappa shape index (κ1) is 34.3. The molecule has 0 fully saturated rings. The van der Waals surface area contributed by atoms with E-state index in [0.717, 1.165) is 16.6 Å². The van der Waals surface area contributed by atoms with Gasteiger partial charge in [0.2, 0.25) is 0 Å². The Labute approximate surface area is 252 Å². The summed E-state index contributed by atoms with van der Waals surface area (Å²) < 4.78 is 41.1. The summed E-state index contributed by atoms with van der Waals surface area (Å²) in [5, 5.41) is 11.6. The second kappa shape index (κ2) is 13.0. The van der Waals surface area contributed by atoms with Crippen molar-refractivity contribution in [1.82, 2.24) is 9.37 Å². The van der Waals surface area contributed by atoms with Crippen LogP contribution in [0.3, 0.4) is 0 Å². The van der Waals surface area contributed by atoms with Crippen LogP contribution in [0.25, 0.3) is 0 Å². The van der Waals surface area contributed by atoms with Crippen molar-refractivity contribution in [2.45, 2.75) is 82.3 Å². The van der Waals surface area contributed by atoms with E-state index in [2.05, 4.69) is 40.4 Å². The van der Waals surface area contributed by atoms with Crippen molar-refractivity contribution >= 4 is 52.7 Å². The van der Waals surface area contributed by atoms with Crippen LogP contribution in [0.4, 0.5) is 10.5 Å². The number of amides is 1. The number of hydroxylamine groups is 1. The van der Waals surface area contributed by atoms with Gasteiger partial charge in [0, 0.05) is 16.2 Å². The third kappa shape index (κ3) is 8.35. The fourth-order valence-electron chi connectivity index (χ4n) is 3.52. The van der Waals surface area contributed by atoms with Crippen molar-refractivity contribution in [2.75, 3.05) is 19.8 Å². The average molecular weight is 710 g/mol. The fraction of sp³-hybridized carbons (Fsp3) is 0.577. The number of hydrogen-bond acceptors (Lipinski definition) is 8. The van der Waals surface area contributed by atoms with Gasteiger partial charge < -0.3 is 9.16 Å². The van der Waals surface area contributed by atoms with Gasteiger partial charge in [-0.15, -0.1) is 6.58 Å². The molecule has 0 saturated carbocycles. The third-order valence-corrected chi connectivity index (χ3v) is 14.0. The molecule has 1 aliphatic heterocycles. The molecular formula is C26H40IN3O8SSi. The number of carbonyl (C=O) groups is 1. The molecule has 1 aromatic carbocycles. The molecule has 2 rings (SSSR count). The Kier molecular flexibility index (Phi) is 11.1. The van der Waals surface area contributed by atoms with Crippen molar-refractivity contribution in [2.24, 2.45) is 0 Å². The molecule has 224 valence electrons. The van der Waals surface area contributed by atoms with Gasteiger partial charge in [0.05, 0.1) is 24.2 Å². The minimum absolute atomic E-state index is 0.0639. The number of nitro groups is 1. The molecule has 11 nitrogen and oxygen atoms in total. The number of carbonyl (C=O) groups excluding carboxylic acids is 1. The molecule has 0 aliphatic carbocycles. The quantitative estimate of drug-likeness (QED) is 0.0948. The lowest BCUT2D eigenvalue weighted by Gasteiger charge is -2.43. The highest BCUT2D eigenvalue weighted by Gasteiger charge is 2.45. The molecule has 1 aromatic rings. The van der Waals surface area contributed by atoms with Crippen LogP contribution in [0.1, 0.15) is 41.5 Å². The van der Waals surface area contributed by atoms with E-state index in [1.165, 1.54) is 23.1 Å². The van der Waals surface area contributed by atoms with E-state index in [1.54, 1.807) is 26.8 Å². The first-order chi connectivity index (χ1) is 18.2. The van der Waals surface area contributed by atoms with E-state index in [1.807, 2.05) is 22.6 Å². The maximum absolute atomic E-state index is 13.8. The number of benzene rings is 1. The minimum Gasteiger partial charge on any atom is -0.444 e. The second-order valence-corrected chi connectivity index (χ2v) is 19.7. The van der Waals surface area contributed by atoms with Crippen molar-refractivity contribution < 1.29 is 32.1 Å². The first-order valence-electron chi connectivity index (χ1n) is 12.8. The maximum Gasteiger partial charge on any atom is 0.410 e. The number of rotatable bonds is 10. The smallest absolute Gasteiger partial charge is 0.410 e. The van der Waals surface area contributed by atoms with Crippen LogP contribution in [-0.2, 0) is 24.0 Å². The zero-order chi connectivity index (χ0) is 30.7. The molecule has 0 radical (unpaired) electrons. The summed E-state index contributed by atoms with van der Waals surface area (Å²) in [7, 11) is -6.75. The van der Waals surface area contributed by atoms with Crippen LogP contribution in [0.15, 0.2) is 51.5 Å². The Hall–Kier alpha value is -1.85. The van der Waals surface area contributed by atoms with Crippen LogP contribution in [0.5, 0.6) is 0 Å². The highest BCUT2D eigenvalue weighted by molar-refractivity contribution is 14.1. The lowest BCUT2D eigenvalue weighted by atomic mass is 10.1. The van der Waals surface area contributed by atoms with E-state index in [-0.39, 0.29) is 24.8 Å². The summed E-state index contributed by atoms with van der Waals surface area (Å²) >= 11 is 2.01. The normalized spacial score (nSPS) is 18.9. The number of ether oxygens (including phenoxy) is 1. The van der Waals surface area contributed by atoms with E-state index < -0.39 is 57.6 Å².